The van der Waals surface area contributed by atoms with Crippen LogP contribution in [-0.4, -0.2) is 18.6 Å². The first-order chi connectivity index (χ1) is 23.6. The number of nitrogens with one attached hydrogen (secondary N) is 1. The molecule has 7 rings (SSSR count). The summed E-state index contributed by atoms with van der Waals surface area (Å²) in [6, 6.07) is 53.6. The Hall–Kier alpha value is -5.44. The van der Waals surface area contributed by atoms with Gasteiger partial charge in [0.25, 0.3) is 0 Å². The molecule has 1 atom stereocenters. The minimum absolute atomic E-state index is 0.279. The Balaban J connectivity index is 1.54. The van der Waals surface area contributed by atoms with Crippen molar-refractivity contribution in [2.75, 3.05) is 11.9 Å². The highest BCUT2D eigenvalue weighted by Gasteiger charge is 2.34. The topological polar surface area (TPSA) is 55.4 Å². The van der Waals surface area contributed by atoms with Gasteiger partial charge in [-0.1, -0.05) is 152 Å². The number of carbonyl (C=O) groups excluding carboxylic acids is 1. The van der Waals surface area contributed by atoms with Crippen molar-refractivity contribution in [3.8, 4) is 11.1 Å². The van der Waals surface area contributed by atoms with E-state index in [1.54, 1.807) is 0 Å². The Morgan fingerprint density at radius 2 is 1.10 bits per heavy atom. The van der Waals surface area contributed by atoms with Gasteiger partial charge in [-0.15, -0.1) is 0 Å². The van der Waals surface area contributed by atoms with Crippen molar-refractivity contribution in [3.05, 3.63) is 169 Å². The van der Waals surface area contributed by atoms with Gasteiger partial charge in [-0.05, 0) is 46.2 Å². The maximum Gasteiger partial charge on any atom is 0.328 e. The minimum Gasteiger partial charge on any atom is -0.464 e. The fourth-order valence-electron chi connectivity index (χ4n) is 6.62. The zero-order chi connectivity index (χ0) is 32.9. The third-order valence-corrected chi connectivity index (χ3v) is 12.0. The number of benzene rings is 7. The number of hydrogen-bond donors (Lipinski definition) is 1. The molecule has 0 aromatic heterocycles. The second kappa shape index (κ2) is 13.7. The molecule has 48 heavy (non-hydrogen) atoms. The molecule has 0 unspecified atom stereocenters. The first-order valence-corrected chi connectivity index (χ1v) is 18.0. The van der Waals surface area contributed by atoms with Gasteiger partial charge in [0, 0.05) is 39.1 Å². The number of rotatable bonds is 10. The lowest BCUT2D eigenvalue weighted by Gasteiger charge is -2.27. The Morgan fingerprint density at radius 3 is 1.69 bits per heavy atom. The summed E-state index contributed by atoms with van der Waals surface area (Å²) >= 11 is 0. The summed E-state index contributed by atoms with van der Waals surface area (Å²) in [5.74, 6) is -0.321. The van der Waals surface area contributed by atoms with Gasteiger partial charge in [0.1, 0.15) is 6.04 Å². The van der Waals surface area contributed by atoms with Crippen molar-refractivity contribution in [1.82, 2.24) is 0 Å². The minimum atomic E-state index is -3.42. The van der Waals surface area contributed by atoms with Crippen LogP contribution in [0.15, 0.2) is 164 Å². The molecule has 7 aromatic rings. The van der Waals surface area contributed by atoms with Gasteiger partial charge < -0.3 is 14.6 Å². The average Bonchev–Trinajstić information content (AvgIpc) is 3.15. The van der Waals surface area contributed by atoms with Gasteiger partial charge in [-0.2, -0.15) is 0 Å². The maximum atomic E-state index is 16.1. The summed E-state index contributed by atoms with van der Waals surface area (Å²) in [6.45, 7) is 2.10. The lowest BCUT2D eigenvalue weighted by molar-refractivity contribution is -0.144. The second-order valence-electron chi connectivity index (χ2n) is 11.8. The molecule has 0 bridgehead atoms. The summed E-state index contributed by atoms with van der Waals surface area (Å²) in [5, 5.41) is 9.95. The van der Waals surface area contributed by atoms with E-state index >= 15 is 4.57 Å². The summed E-state index contributed by atoms with van der Waals surface area (Å²) in [4.78, 5) is 13.5. The second-order valence-corrected chi connectivity index (χ2v) is 14.5. The van der Waals surface area contributed by atoms with Gasteiger partial charge in [-0.3, -0.25) is 0 Å². The Bertz CT molecular complexity index is 2210. The Labute approximate surface area is 281 Å². The molecule has 0 aliphatic heterocycles. The van der Waals surface area contributed by atoms with E-state index in [0.717, 1.165) is 59.8 Å². The SMILES string of the molecule is CCOC(=O)[C@H](Cc1ccccc1)Nc1ccc2ccccc2c1-c1c(P(=O)(c2ccccc2)c2ccccc2)ccc2ccccc12. The van der Waals surface area contributed by atoms with Crippen LogP contribution in [0.3, 0.4) is 0 Å². The molecule has 4 nitrogen and oxygen atoms in total. The third-order valence-electron chi connectivity index (χ3n) is 8.85. The molecule has 7 aromatic carbocycles. The van der Waals surface area contributed by atoms with E-state index in [0.29, 0.717) is 6.42 Å². The first-order valence-electron chi connectivity index (χ1n) is 16.3. The predicted molar refractivity (Wildman–Crippen MR) is 200 cm³/mol. The van der Waals surface area contributed by atoms with Crippen LogP contribution in [0.1, 0.15) is 12.5 Å². The van der Waals surface area contributed by atoms with Crippen molar-refractivity contribution < 1.29 is 14.1 Å². The standard InChI is InChI=1S/C43H36NO3P/c1-2-47-43(45)39(30-31-16-6-3-7-17-31)44-38-28-26-32-18-12-14-24-36(32)41(38)42-37-25-15-13-19-33(37)27-29-40(42)48(46,34-20-8-4-9-21-34)35-22-10-5-11-23-35/h3-29,39,44H,2,30H2,1H3/t39-/m0/s1. The van der Waals surface area contributed by atoms with Crippen LogP contribution in [0.2, 0.25) is 0 Å². The number of carbonyl (C=O) groups is 1. The molecule has 0 heterocycles. The van der Waals surface area contributed by atoms with Crippen LogP contribution in [0.5, 0.6) is 0 Å². The Kier molecular flexibility index (Phi) is 8.92. The van der Waals surface area contributed by atoms with Gasteiger partial charge in [0.2, 0.25) is 0 Å². The molecule has 0 saturated carbocycles. The van der Waals surface area contributed by atoms with Crippen LogP contribution in [0.25, 0.3) is 32.7 Å². The van der Waals surface area contributed by atoms with Crippen molar-refractivity contribution in [3.63, 3.8) is 0 Å². The zero-order valence-corrected chi connectivity index (χ0v) is 27.6. The fourth-order valence-corrected chi connectivity index (χ4v) is 9.49. The van der Waals surface area contributed by atoms with Crippen LogP contribution in [0.4, 0.5) is 5.69 Å². The number of esters is 1. The van der Waals surface area contributed by atoms with E-state index < -0.39 is 13.2 Å². The number of ether oxygens (including phenoxy) is 1. The summed E-state index contributed by atoms with van der Waals surface area (Å²) in [7, 11) is -3.42. The highest BCUT2D eigenvalue weighted by molar-refractivity contribution is 7.85. The van der Waals surface area contributed by atoms with Crippen molar-refractivity contribution in [2.24, 2.45) is 0 Å². The average molecular weight is 646 g/mol. The van der Waals surface area contributed by atoms with E-state index in [1.807, 2.05) is 134 Å². The first kappa shape index (κ1) is 31.2. The normalized spacial score (nSPS) is 12.1. The summed E-state index contributed by atoms with van der Waals surface area (Å²) in [6.07, 6.45) is 0.445. The largest absolute Gasteiger partial charge is 0.464 e. The third kappa shape index (κ3) is 5.92. The maximum absolute atomic E-state index is 16.1. The molecule has 0 aliphatic rings. The van der Waals surface area contributed by atoms with E-state index in [-0.39, 0.29) is 12.6 Å². The van der Waals surface area contributed by atoms with Crippen molar-refractivity contribution >= 4 is 56.3 Å². The molecule has 0 radical (unpaired) electrons. The summed E-state index contributed by atoms with van der Waals surface area (Å²) < 4.78 is 21.7. The monoisotopic (exact) mass is 645 g/mol. The quantitative estimate of drug-likeness (QED) is 0.119. The van der Waals surface area contributed by atoms with E-state index in [2.05, 4.69) is 41.7 Å². The highest BCUT2D eigenvalue weighted by Crippen LogP contribution is 2.49. The fraction of sp³-hybridized carbons (Fsp3) is 0.0930. The molecular weight excluding hydrogens is 609 g/mol. The van der Waals surface area contributed by atoms with E-state index in [9.17, 15) is 4.79 Å². The van der Waals surface area contributed by atoms with Crippen LogP contribution in [0, 0.1) is 0 Å². The van der Waals surface area contributed by atoms with Gasteiger partial charge in [0.05, 0.1) is 6.61 Å². The van der Waals surface area contributed by atoms with Crippen LogP contribution in [-0.2, 0) is 20.5 Å². The number of hydrogen-bond acceptors (Lipinski definition) is 4. The lowest BCUT2D eigenvalue weighted by Crippen LogP contribution is -2.34. The number of anilines is 1. The molecule has 0 saturated heterocycles. The smallest absolute Gasteiger partial charge is 0.328 e. The van der Waals surface area contributed by atoms with Crippen molar-refractivity contribution in [2.45, 2.75) is 19.4 Å². The van der Waals surface area contributed by atoms with E-state index in [4.69, 9.17) is 4.74 Å². The predicted octanol–water partition coefficient (Wildman–Crippen LogP) is 8.89. The molecular formula is C43H36NO3P. The molecule has 5 heteroatoms. The molecule has 236 valence electrons. The number of fused-ring (bicyclic) bond motifs is 2. The Morgan fingerprint density at radius 1 is 0.604 bits per heavy atom. The molecule has 0 spiro atoms. The highest BCUT2D eigenvalue weighted by atomic mass is 31.2. The molecule has 0 fully saturated rings. The van der Waals surface area contributed by atoms with Gasteiger partial charge in [0.15, 0.2) is 7.14 Å². The summed E-state index contributed by atoms with van der Waals surface area (Å²) in [5.41, 5.74) is 3.57. The van der Waals surface area contributed by atoms with Crippen LogP contribution < -0.4 is 21.2 Å². The molecule has 1 N–H and O–H groups in total. The molecule has 0 amide bonds. The zero-order valence-electron chi connectivity index (χ0n) is 26.8. The lowest BCUT2D eigenvalue weighted by atomic mass is 9.92. The van der Waals surface area contributed by atoms with Gasteiger partial charge in [-0.25, -0.2) is 4.79 Å². The van der Waals surface area contributed by atoms with E-state index in [1.165, 1.54) is 0 Å². The van der Waals surface area contributed by atoms with Crippen LogP contribution >= 0.6 is 7.14 Å². The van der Waals surface area contributed by atoms with Gasteiger partial charge >= 0.3 is 5.97 Å². The molecule has 0 aliphatic carbocycles. The van der Waals surface area contributed by atoms with Crippen molar-refractivity contribution in [1.29, 1.82) is 0 Å².